The Hall–Kier alpha value is -2.22. The van der Waals surface area contributed by atoms with E-state index in [0.717, 1.165) is 18.2 Å². The van der Waals surface area contributed by atoms with Gasteiger partial charge in [0.2, 0.25) is 0 Å². The Kier molecular flexibility index (Phi) is 6.54. The van der Waals surface area contributed by atoms with Gasteiger partial charge in [-0.3, -0.25) is 14.9 Å². The highest BCUT2D eigenvalue weighted by Gasteiger charge is 2.19. The van der Waals surface area contributed by atoms with Crippen LogP contribution in [-0.4, -0.2) is 37.2 Å². The summed E-state index contributed by atoms with van der Waals surface area (Å²) in [4.78, 5) is 21.7. The predicted octanol–water partition coefficient (Wildman–Crippen LogP) is 1.65. The maximum atomic E-state index is 13.1. The van der Waals surface area contributed by atoms with Crippen molar-refractivity contribution in [2.75, 3.05) is 20.3 Å². The molecule has 1 rings (SSSR count). The number of benzene rings is 1. The normalized spacial score (nSPS) is 11.8. The number of rotatable bonds is 8. The molecule has 0 heterocycles. The summed E-state index contributed by atoms with van der Waals surface area (Å²) in [5.41, 5.74) is -0.325. The molecule has 116 valence electrons. The van der Waals surface area contributed by atoms with Gasteiger partial charge in [0.15, 0.2) is 5.75 Å². The number of carbonyl (C=O) groups is 1. The van der Waals surface area contributed by atoms with Gasteiger partial charge in [0, 0.05) is 18.6 Å². The molecule has 1 unspecified atom stereocenters. The van der Waals surface area contributed by atoms with Crippen LogP contribution in [0.1, 0.15) is 13.3 Å². The maximum Gasteiger partial charge on any atom is 0.323 e. The number of carbonyl (C=O) groups excluding carboxylic acids is 1. The fourth-order valence-corrected chi connectivity index (χ4v) is 1.66. The third kappa shape index (κ3) is 4.99. The first-order valence-corrected chi connectivity index (χ1v) is 6.40. The predicted molar refractivity (Wildman–Crippen MR) is 72.6 cm³/mol. The van der Waals surface area contributed by atoms with Crippen LogP contribution in [0.3, 0.4) is 0 Å². The lowest BCUT2D eigenvalue weighted by Gasteiger charge is -2.15. The number of nitro groups is 1. The molecular weight excluding hydrogens is 283 g/mol. The van der Waals surface area contributed by atoms with Crippen LogP contribution in [0.15, 0.2) is 18.2 Å². The molecule has 0 radical (unpaired) electrons. The molecule has 0 aliphatic rings. The van der Waals surface area contributed by atoms with Crippen LogP contribution in [0.25, 0.3) is 0 Å². The summed E-state index contributed by atoms with van der Waals surface area (Å²) in [6, 6.07) is 2.38. The van der Waals surface area contributed by atoms with Crippen LogP contribution < -0.4 is 10.1 Å². The molecular formula is C13H17FN2O5. The van der Waals surface area contributed by atoms with Crippen LogP contribution in [0.5, 0.6) is 5.75 Å². The molecule has 0 saturated heterocycles. The van der Waals surface area contributed by atoms with E-state index in [1.165, 1.54) is 0 Å². The smallest absolute Gasteiger partial charge is 0.323 e. The van der Waals surface area contributed by atoms with Gasteiger partial charge in [0.05, 0.1) is 18.1 Å². The van der Waals surface area contributed by atoms with Crippen molar-refractivity contribution in [1.29, 1.82) is 0 Å². The van der Waals surface area contributed by atoms with E-state index >= 15 is 0 Å². The average molecular weight is 300 g/mol. The molecule has 1 atom stereocenters. The van der Waals surface area contributed by atoms with Gasteiger partial charge in [0.25, 0.3) is 0 Å². The van der Waals surface area contributed by atoms with Crippen LogP contribution in [0, 0.1) is 15.9 Å². The lowest BCUT2D eigenvalue weighted by Crippen LogP contribution is -2.36. The van der Waals surface area contributed by atoms with Crippen molar-refractivity contribution in [2.24, 2.45) is 0 Å². The number of nitrogens with one attached hydrogen (secondary N) is 1. The second-order valence-electron chi connectivity index (χ2n) is 4.10. The van der Waals surface area contributed by atoms with Gasteiger partial charge < -0.3 is 14.8 Å². The lowest BCUT2D eigenvalue weighted by atomic mass is 10.2. The Morgan fingerprint density at radius 2 is 2.24 bits per heavy atom. The first-order valence-electron chi connectivity index (χ1n) is 6.40. The quantitative estimate of drug-likeness (QED) is 0.446. The van der Waals surface area contributed by atoms with E-state index in [4.69, 9.17) is 9.47 Å². The van der Waals surface area contributed by atoms with Crippen molar-refractivity contribution in [3.05, 3.63) is 34.1 Å². The summed E-state index contributed by atoms with van der Waals surface area (Å²) in [6.45, 7) is 1.96. The van der Waals surface area contributed by atoms with Crippen LogP contribution >= 0.6 is 0 Å². The summed E-state index contributed by atoms with van der Waals surface area (Å²) in [5.74, 6) is -1.23. The number of likely N-dealkylation sites (N-methyl/N-ethyl adjacent to an activating group) is 1. The zero-order valence-electron chi connectivity index (χ0n) is 11.8. The first-order chi connectivity index (χ1) is 9.99. The minimum absolute atomic E-state index is 0.00855. The number of nitro benzene ring substituents is 1. The fourth-order valence-electron chi connectivity index (χ4n) is 1.66. The summed E-state index contributed by atoms with van der Waals surface area (Å²) < 4.78 is 23.2. The summed E-state index contributed by atoms with van der Waals surface area (Å²) in [7, 11) is 1.59. The molecule has 0 saturated carbocycles. The van der Waals surface area contributed by atoms with Gasteiger partial charge in [0.1, 0.15) is 11.9 Å². The van der Waals surface area contributed by atoms with Crippen LogP contribution in [0.2, 0.25) is 0 Å². The second kappa shape index (κ2) is 8.15. The van der Waals surface area contributed by atoms with Gasteiger partial charge in [-0.05, 0) is 20.0 Å². The van der Waals surface area contributed by atoms with E-state index in [0.29, 0.717) is 0 Å². The molecule has 1 aromatic carbocycles. The number of hydrogen-bond acceptors (Lipinski definition) is 6. The minimum Gasteiger partial charge on any atom is -0.487 e. The standard InChI is InChI=1S/C13H17FN2O5/c1-3-20-13(17)10(15-2)6-7-21-12-8-9(14)4-5-11(12)16(18)19/h4-5,8,10,15H,3,6-7H2,1-2H3. The molecule has 0 spiro atoms. The Morgan fingerprint density at radius 3 is 2.81 bits per heavy atom. The Balaban J connectivity index is 2.64. The Labute approximate surface area is 121 Å². The van der Waals surface area contributed by atoms with Crippen molar-refractivity contribution in [3.63, 3.8) is 0 Å². The fraction of sp³-hybridized carbons (Fsp3) is 0.462. The highest BCUT2D eigenvalue weighted by Crippen LogP contribution is 2.27. The van der Waals surface area contributed by atoms with Crippen molar-refractivity contribution in [2.45, 2.75) is 19.4 Å². The second-order valence-corrected chi connectivity index (χ2v) is 4.10. The molecule has 0 bridgehead atoms. The molecule has 0 fully saturated rings. The van der Waals surface area contributed by atoms with Crippen LogP contribution in [0.4, 0.5) is 10.1 Å². The van der Waals surface area contributed by atoms with Crippen molar-refractivity contribution < 1.29 is 23.6 Å². The third-order valence-corrected chi connectivity index (χ3v) is 2.70. The van der Waals surface area contributed by atoms with E-state index in [9.17, 15) is 19.3 Å². The monoisotopic (exact) mass is 300 g/mol. The number of hydrogen-bond donors (Lipinski definition) is 1. The van der Waals surface area contributed by atoms with Gasteiger partial charge in [-0.15, -0.1) is 0 Å². The summed E-state index contributed by atoms with van der Waals surface area (Å²) in [6.07, 6.45) is 0.239. The largest absolute Gasteiger partial charge is 0.487 e. The molecule has 0 aliphatic heterocycles. The van der Waals surface area contributed by atoms with E-state index in [-0.39, 0.29) is 31.1 Å². The van der Waals surface area contributed by atoms with Crippen LogP contribution in [-0.2, 0) is 9.53 Å². The van der Waals surface area contributed by atoms with Gasteiger partial charge in [-0.25, -0.2) is 4.39 Å². The molecule has 0 aromatic heterocycles. The molecule has 1 aromatic rings. The summed E-state index contributed by atoms with van der Waals surface area (Å²) in [5, 5.41) is 13.6. The van der Waals surface area contributed by atoms with Crippen molar-refractivity contribution in [1.82, 2.24) is 5.32 Å². The van der Waals surface area contributed by atoms with Gasteiger partial charge in [-0.2, -0.15) is 0 Å². The van der Waals surface area contributed by atoms with E-state index in [2.05, 4.69) is 5.32 Å². The van der Waals surface area contributed by atoms with Gasteiger partial charge >= 0.3 is 11.7 Å². The lowest BCUT2D eigenvalue weighted by molar-refractivity contribution is -0.385. The molecule has 0 amide bonds. The first kappa shape index (κ1) is 16.8. The number of nitrogens with zero attached hydrogens (tertiary/aromatic N) is 1. The number of esters is 1. The van der Waals surface area contributed by atoms with E-state index < -0.39 is 22.8 Å². The number of ether oxygens (including phenoxy) is 2. The summed E-state index contributed by atoms with van der Waals surface area (Å²) >= 11 is 0. The molecule has 0 aliphatic carbocycles. The average Bonchev–Trinajstić information content (AvgIpc) is 2.43. The van der Waals surface area contributed by atoms with E-state index in [1.54, 1.807) is 14.0 Å². The highest BCUT2D eigenvalue weighted by atomic mass is 19.1. The van der Waals surface area contributed by atoms with Gasteiger partial charge in [-0.1, -0.05) is 0 Å². The minimum atomic E-state index is -0.657. The molecule has 21 heavy (non-hydrogen) atoms. The highest BCUT2D eigenvalue weighted by molar-refractivity contribution is 5.75. The topological polar surface area (TPSA) is 90.7 Å². The maximum absolute atomic E-state index is 13.1. The van der Waals surface area contributed by atoms with Crippen molar-refractivity contribution >= 4 is 11.7 Å². The van der Waals surface area contributed by atoms with E-state index in [1.807, 2.05) is 0 Å². The molecule has 1 N–H and O–H groups in total. The molecule has 8 heteroatoms. The Bertz CT molecular complexity index is 509. The molecule has 7 nitrogen and oxygen atoms in total. The zero-order valence-corrected chi connectivity index (χ0v) is 11.8. The van der Waals surface area contributed by atoms with Crippen molar-refractivity contribution in [3.8, 4) is 5.75 Å². The zero-order chi connectivity index (χ0) is 15.8. The Morgan fingerprint density at radius 1 is 1.52 bits per heavy atom. The third-order valence-electron chi connectivity index (χ3n) is 2.70. The number of halogens is 1. The SMILES string of the molecule is CCOC(=O)C(CCOc1cc(F)ccc1[N+](=O)[O-])NC.